The highest BCUT2D eigenvalue weighted by molar-refractivity contribution is 5.45. The molecule has 0 aliphatic rings. The van der Waals surface area contributed by atoms with E-state index in [1.54, 1.807) is 12.1 Å². The standard InChI is InChI=1S/C15H15F3N2O/c1-9-5-4-6-12(10(9)2)21-14-8-11(15(16,17)18)7-13(19-3)20-14/h4-8H,1-3H3,(H,19,20). The Hall–Kier alpha value is -2.24. The van der Waals surface area contributed by atoms with Gasteiger partial charge in [0.2, 0.25) is 5.88 Å². The number of hydrogen-bond acceptors (Lipinski definition) is 3. The lowest BCUT2D eigenvalue weighted by Crippen LogP contribution is -2.07. The molecule has 0 spiro atoms. The highest BCUT2D eigenvalue weighted by Crippen LogP contribution is 2.34. The van der Waals surface area contributed by atoms with E-state index in [9.17, 15) is 13.2 Å². The second-order valence-corrected chi connectivity index (χ2v) is 4.63. The third kappa shape index (κ3) is 3.45. The highest BCUT2D eigenvalue weighted by atomic mass is 19.4. The number of nitrogens with one attached hydrogen (secondary N) is 1. The van der Waals surface area contributed by atoms with Crippen LogP contribution in [0.5, 0.6) is 11.6 Å². The van der Waals surface area contributed by atoms with Crippen molar-refractivity contribution in [1.29, 1.82) is 0 Å². The molecule has 0 aliphatic heterocycles. The number of nitrogens with zero attached hydrogens (tertiary/aromatic N) is 1. The van der Waals surface area contributed by atoms with Gasteiger partial charge < -0.3 is 10.1 Å². The molecule has 21 heavy (non-hydrogen) atoms. The molecule has 0 amide bonds. The van der Waals surface area contributed by atoms with Gasteiger partial charge in [0.15, 0.2) is 0 Å². The van der Waals surface area contributed by atoms with Crippen molar-refractivity contribution in [1.82, 2.24) is 4.98 Å². The smallest absolute Gasteiger partial charge is 0.416 e. The predicted octanol–water partition coefficient (Wildman–Crippen LogP) is 4.55. The normalized spacial score (nSPS) is 11.3. The fraction of sp³-hybridized carbons (Fsp3) is 0.267. The molecular formula is C15H15F3N2O. The van der Waals surface area contributed by atoms with Crippen LogP contribution in [0.3, 0.4) is 0 Å². The molecule has 1 N–H and O–H groups in total. The molecule has 0 aliphatic carbocycles. The highest BCUT2D eigenvalue weighted by Gasteiger charge is 2.32. The number of rotatable bonds is 3. The lowest BCUT2D eigenvalue weighted by atomic mass is 10.1. The van der Waals surface area contributed by atoms with Crippen LogP contribution in [-0.4, -0.2) is 12.0 Å². The van der Waals surface area contributed by atoms with Gasteiger partial charge in [-0.3, -0.25) is 0 Å². The number of benzene rings is 1. The third-order valence-electron chi connectivity index (χ3n) is 3.15. The van der Waals surface area contributed by atoms with Crippen molar-refractivity contribution in [3.63, 3.8) is 0 Å². The number of anilines is 1. The van der Waals surface area contributed by atoms with Crippen molar-refractivity contribution in [2.24, 2.45) is 0 Å². The van der Waals surface area contributed by atoms with Gasteiger partial charge in [-0.2, -0.15) is 18.2 Å². The minimum absolute atomic E-state index is 0.0946. The van der Waals surface area contributed by atoms with Crippen LogP contribution in [0.2, 0.25) is 0 Å². The van der Waals surface area contributed by atoms with E-state index in [1.807, 2.05) is 19.9 Å². The summed E-state index contributed by atoms with van der Waals surface area (Å²) in [6.45, 7) is 3.75. The monoisotopic (exact) mass is 296 g/mol. The molecule has 0 unspecified atom stereocenters. The lowest BCUT2D eigenvalue weighted by Gasteiger charge is -2.13. The summed E-state index contributed by atoms with van der Waals surface area (Å²) in [5, 5.41) is 2.60. The van der Waals surface area contributed by atoms with Crippen molar-refractivity contribution < 1.29 is 17.9 Å². The van der Waals surface area contributed by atoms with Crippen molar-refractivity contribution >= 4 is 5.82 Å². The Morgan fingerprint density at radius 3 is 2.48 bits per heavy atom. The number of aromatic nitrogens is 1. The molecule has 3 nitrogen and oxygen atoms in total. The molecule has 0 saturated carbocycles. The second-order valence-electron chi connectivity index (χ2n) is 4.63. The first kappa shape index (κ1) is 15.2. The maximum absolute atomic E-state index is 12.9. The summed E-state index contributed by atoms with van der Waals surface area (Å²) in [5.74, 6) is 0.497. The molecule has 1 aromatic carbocycles. The molecule has 0 bridgehead atoms. The van der Waals surface area contributed by atoms with Gasteiger partial charge in [-0.1, -0.05) is 12.1 Å². The van der Waals surface area contributed by atoms with Crippen LogP contribution in [0, 0.1) is 13.8 Å². The first-order valence-electron chi connectivity index (χ1n) is 6.32. The van der Waals surface area contributed by atoms with Crippen LogP contribution in [0.4, 0.5) is 19.0 Å². The number of pyridine rings is 1. The van der Waals surface area contributed by atoms with Gasteiger partial charge in [-0.25, -0.2) is 0 Å². The fourth-order valence-corrected chi connectivity index (χ4v) is 1.80. The van der Waals surface area contributed by atoms with Crippen LogP contribution in [0.25, 0.3) is 0 Å². The van der Waals surface area contributed by atoms with Gasteiger partial charge in [0.25, 0.3) is 0 Å². The first-order valence-corrected chi connectivity index (χ1v) is 6.32. The van der Waals surface area contributed by atoms with Gasteiger partial charge in [0.1, 0.15) is 11.6 Å². The first-order chi connectivity index (χ1) is 9.81. The van der Waals surface area contributed by atoms with E-state index < -0.39 is 11.7 Å². The van der Waals surface area contributed by atoms with E-state index in [-0.39, 0.29) is 11.7 Å². The maximum atomic E-state index is 12.9. The second kappa shape index (κ2) is 5.63. The molecule has 2 rings (SSSR count). The Balaban J connectivity index is 2.42. The molecule has 1 heterocycles. The van der Waals surface area contributed by atoms with Crippen molar-refractivity contribution in [3.8, 4) is 11.6 Å². The van der Waals surface area contributed by atoms with E-state index in [2.05, 4.69) is 10.3 Å². The van der Waals surface area contributed by atoms with Gasteiger partial charge in [-0.15, -0.1) is 0 Å². The number of ether oxygens (including phenoxy) is 1. The summed E-state index contributed by atoms with van der Waals surface area (Å²) in [6.07, 6.45) is -4.45. The Kier molecular flexibility index (Phi) is 4.06. The molecule has 0 saturated heterocycles. The van der Waals surface area contributed by atoms with Gasteiger partial charge in [-0.05, 0) is 37.1 Å². The maximum Gasteiger partial charge on any atom is 0.416 e. The molecule has 0 atom stereocenters. The van der Waals surface area contributed by atoms with Crippen LogP contribution >= 0.6 is 0 Å². The fourth-order valence-electron chi connectivity index (χ4n) is 1.80. The van der Waals surface area contributed by atoms with Gasteiger partial charge in [0, 0.05) is 13.1 Å². The summed E-state index contributed by atoms with van der Waals surface area (Å²) in [5.41, 5.74) is 1.05. The number of halogens is 3. The van der Waals surface area contributed by atoms with Crippen LogP contribution in [0.1, 0.15) is 16.7 Å². The van der Waals surface area contributed by atoms with E-state index >= 15 is 0 Å². The van der Waals surface area contributed by atoms with Gasteiger partial charge >= 0.3 is 6.18 Å². The molecule has 0 radical (unpaired) electrons. The van der Waals surface area contributed by atoms with E-state index in [4.69, 9.17) is 4.74 Å². The zero-order valence-electron chi connectivity index (χ0n) is 11.9. The summed E-state index contributed by atoms with van der Waals surface area (Å²) in [6, 6.07) is 7.22. The zero-order chi connectivity index (χ0) is 15.6. The van der Waals surface area contributed by atoms with E-state index in [0.717, 1.165) is 23.3 Å². The zero-order valence-corrected chi connectivity index (χ0v) is 11.9. The van der Waals surface area contributed by atoms with Gasteiger partial charge in [0.05, 0.1) is 5.56 Å². The van der Waals surface area contributed by atoms with E-state index in [0.29, 0.717) is 5.75 Å². The number of alkyl halides is 3. The molecule has 0 fully saturated rings. The topological polar surface area (TPSA) is 34.1 Å². The minimum atomic E-state index is -4.45. The third-order valence-corrected chi connectivity index (χ3v) is 3.15. The summed E-state index contributed by atoms with van der Waals surface area (Å²) >= 11 is 0. The lowest BCUT2D eigenvalue weighted by molar-refractivity contribution is -0.137. The van der Waals surface area contributed by atoms with Crippen LogP contribution < -0.4 is 10.1 Å². The van der Waals surface area contributed by atoms with Crippen molar-refractivity contribution in [2.45, 2.75) is 20.0 Å². The Morgan fingerprint density at radius 2 is 1.86 bits per heavy atom. The van der Waals surface area contributed by atoms with Crippen LogP contribution in [0.15, 0.2) is 30.3 Å². The molecule has 112 valence electrons. The SMILES string of the molecule is CNc1cc(C(F)(F)F)cc(Oc2cccc(C)c2C)n1. The molecule has 1 aromatic heterocycles. The molecule has 6 heteroatoms. The van der Waals surface area contributed by atoms with Crippen molar-refractivity contribution in [2.75, 3.05) is 12.4 Å². The largest absolute Gasteiger partial charge is 0.439 e. The predicted molar refractivity (Wildman–Crippen MR) is 74.8 cm³/mol. The molecule has 2 aromatic rings. The average molecular weight is 296 g/mol. The van der Waals surface area contributed by atoms with Crippen molar-refractivity contribution in [3.05, 3.63) is 47.0 Å². The number of aryl methyl sites for hydroxylation is 1. The Morgan fingerprint density at radius 1 is 1.14 bits per heavy atom. The van der Waals surface area contributed by atoms with Crippen LogP contribution in [-0.2, 0) is 6.18 Å². The Labute approximate surface area is 120 Å². The number of hydrogen-bond donors (Lipinski definition) is 1. The summed E-state index contributed by atoms with van der Waals surface area (Å²) in [4.78, 5) is 4.00. The molecular weight excluding hydrogens is 281 g/mol. The summed E-state index contributed by atoms with van der Waals surface area (Å²) in [7, 11) is 1.50. The Bertz CT molecular complexity index is 654. The summed E-state index contributed by atoms with van der Waals surface area (Å²) < 4.78 is 44.1. The quantitative estimate of drug-likeness (QED) is 0.902. The minimum Gasteiger partial charge on any atom is -0.439 e. The van der Waals surface area contributed by atoms with E-state index in [1.165, 1.54) is 7.05 Å². The average Bonchev–Trinajstić information content (AvgIpc) is 2.42.